The molecule has 0 bridgehead atoms. The molecule has 1 heterocycles. The van der Waals surface area contributed by atoms with Crippen LogP contribution in [0.3, 0.4) is 0 Å². The van der Waals surface area contributed by atoms with Crippen LogP contribution in [0.5, 0.6) is 0 Å². The number of aryl methyl sites for hydroxylation is 1. The van der Waals surface area contributed by atoms with E-state index in [4.69, 9.17) is 5.11 Å². The Morgan fingerprint density at radius 3 is 2.74 bits per heavy atom. The van der Waals surface area contributed by atoms with Gasteiger partial charge >= 0.3 is 5.97 Å². The SMILES string of the molecule is Cc1nc(NC(C)C(=O)O)cc(N(C)C2CCC2)n1. The van der Waals surface area contributed by atoms with Gasteiger partial charge in [-0.25, -0.2) is 9.97 Å². The fourth-order valence-corrected chi connectivity index (χ4v) is 2.05. The first-order valence-electron chi connectivity index (χ1n) is 6.55. The van der Waals surface area contributed by atoms with Crippen molar-refractivity contribution in [1.29, 1.82) is 0 Å². The molecular weight excluding hydrogens is 244 g/mol. The van der Waals surface area contributed by atoms with Crippen molar-refractivity contribution < 1.29 is 9.90 Å². The van der Waals surface area contributed by atoms with Crippen LogP contribution in [0.15, 0.2) is 6.07 Å². The molecule has 2 rings (SSSR count). The minimum atomic E-state index is -0.898. The Balaban J connectivity index is 2.16. The number of nitrogens with zero attached hydrogens (tertiary/aromatic N) is 3. The van der Waals surface area contributed by atoms with Crippen molar-refractivity contribution >= 4 is 17.6 Å². The molecule has 1 atom stereocenters. The Labute approximate surface area is 112 Å². The molecule has 1 fully saturated rings. The van der Waals surface area contributed by atoms with Crippen molar-refractivity contribution in [2.24, 2.45) is 0 Å². The summed E-state index contributed by atoms with van der Waals surface area (Å²) in [6.45, 7) is 3.41. The number of hydrogen-bond acceptors (Lipinski definition) is 5. The monoisotopic (exact) mass is 264 g/mol. The maximum atomic E-state index is 10.9. The molecule has 6 nitrogen and oxygen atoms in total. The van der Waals surface area contributed by atoms with E-state index in [-0.39, 0.29) is 0 Å². The smallest absolute Gasteiger partial charge is 0.325 e. The lowest BCUT2D eigenvalue weighted by atomic mass is 9.92. The Morgan fingerprint density at radius 1 is 1.53 bits per heavy atom. The third kappa shape index (κ3) is 3.13. The number of carbonyl (C=O) groups is 1. The number of anilines is 2. The molecule has 104 valence electrons. The second kappa shape index (κ2) is 5.42. The highest BCUT2D eigenvalue weighted by Crippen LogP contribution is 2.28. The summed E-state index contributed by atoms with van der Waals surface area (Å²) >= 11 is 0. The van der Waals surface area contributed by atoms with E-state index in [1.165, 1.54) is 19.3 Å². The highest BCUT2D eigenvalue weighted by Gasteiger charge is 2.23. The molecule has 1 aromatic heterocycles. The van der Waals surface area contributed by atoms with E-state index >= 15 is 0 Å². The number of rotatable bonds is 5. The third-order valence-corrected chi connectivity index (χ3v) is 3.54. The summed E-state index contributed by atoms with van der Waals surface area (Å²) in [6, 6.07) is 1.68. The lowest BCUT2D eigenvalue weighted by Gasteiger charge is -2.35. The molecule has 1 saturated carbocycles. The first-order chi connectivity index (χ1) is 8.97. The van der Waals surface area contributed by atoms with Gasteiger partial charge in [0.1, 0.15) is 23.5 Å². The average molecular weight is 264 g/mol. The standard InChI is InChI=1S/C13H20N4O2/c1-8(13(18)19)14-11-7-12(16-9(2)15-11)17(3)10-5-4-6-10/h7-8,10H,4-6H2,1-3H3,(H,18,19)(H,14,15,16). The van der Waals surface area contributed by atoms with E-state index in [1.54, 1.807) is 6.92 Å². The molecule has 1 unspecified atom stereocenters. The van der Waals surface area contributed by atoms with Gasteiger partial charge in [0.05, 0.1) is 0 Å². The van der Waals surface area contributed by atoms with Crippen molar-refractivity contribution in [1.82, 2.24) is 9.97 Å². The maximum absolute atomic E-state index is 10.9. The van der Waals surface area contributed by atoms with Crippen molar-refractivity contribution in [2.45, 2.75) is 45.2 Å². The fourth-order valence-electron chi connectivity index (χ4n) is 2.05. The average Bonchev–Trinajstić information content (AvgIpc) is 2.25. The molecule has 0 amide bonds. The van der Waals surface area contributed by atoms with Crippen molar-refractivity contribution in [3.63, 3.8) is 0 Å². The number of aliphatic carboxylic acids is 1. The van der Waals surface area contributed by atoms with Gasteiger partial charge in [-0.05, 0) is 33.1 Å². The summed E-state index contributed by atoms with van der Waals surface area (Å²) in [5.74, 6) is 1.15. The minimum Gasteiger partial charge on any atom is -0.480 e. The predicted octanol–water partition coefficient (Wildman–Crippen LogP) is 1.66. The Hall–Kier alpha value is -1.85. The summed E-state index contributed by atoms with van der Waals surface area (Å²) in [6.07, 6.45) is 3.64. The molecule has 0 spiro atoms. The largest absolute Gasteiger partial charge is 0.480 e. The molecule has 1 aliphatic carbocycles. The highest BCUT2D eigenvalue weighted by molar-refractivity contribution is 5.76. The quantitative estimate of drug-likeness (QED) is 0.842. The van der Waals surface area contributed by atoms with Crippen LogP contribution in [0.25, 0.3) is 0 Å². The van der Waals surface area contributed by atoms with Crippen LogP contribution in [0.1, 0.15) is 32.0 Å². The van der Waals surface area contributed by atoms with Gasteiger partial charge in [-0.15, -0.1) is 0 Å². The van der Waals surface area contributed by atoms with E-state index < -0.39 is 12.0 Å². The van der Waals surface area contributed by atoms with E-state index in [0.29, 0.717) is 17.7 Å². The van der Waals surface area contributed by atoms with Crippen molar-refractivity contribution in [2.75, 3.05) is 17.3 Å². The molecule has 2 N–H and O–H groups in total. The lowest BCUT2D eigenvalue weighted by Crippen LogP contribution is -2.37. The normalized spacial score (nSPS) is 16.6. The summed E-state index contributed by atoms with van der Waals surface area (Å²) in [4.78, 5) is 21.6. The fraction of sp³-hybridized carbons (Fsp3) is 0.615. The molecule has 19 heavy (non-hydrogen) atoms. The number of aromatic nitrogens is 2. The van der Waals surface area contributed by atoms with Gasteiger partial charge in [0.25, 0.3) is 0 Å². The van der Waals surface area contributed by atoms with E-state index in [0.717, 1.165) is 5.82 Å². The van der Waals surface area contributed by atoms with Gasteiger partial charge in [0, 0.05) is 19.2 Å². The lowest BCUT2D eigenvalue weighted by molar-refractivity contribution is -0.137. The zero-order valence-electron chi connectivity index (χ0n) is 11.6. The predicted molar refractivity (Wildman–Crippen MR) is 73.5 cm³/mol. The molecule has 6 heteroatoms. The van der Waals surface area contributed by atoms with Crippen molar-refractivity contribution in [3.8, 4) is 0 Å². The Kier molecular flexibility index (Phi) is 3.87. The van der Waals surface area contributed by atoms with Crippen LogP contribution < -0.4 is 10.2 Å². The topological polar surface area (TPSA) is 78.3 Å². The van der Waals surface area contributed by atoms with Gasteiger partial charge in [0.15, 0.2) is 0 Å². The van der Waals surface area contributed by atoms with E-state index in [9.17, 15) is 4.79 Å². The van der Waals surface area contributed by atoms with Gasteiger partial charge in [-0.2, -0.15) is 0 Å². The second-order valence-electron chi connectivity index (χ2n) is 5.06. The molecule has 0 radical (unpaired) electrons. The highest BCUT2D eigenvalue weighted by atomic mass is 16.4. The summed E-state index contributed by atoms with van der Waals surface area (Å²) in [5.41, 5.74) is 0. The third-order valence-electron chi connectivity index (χ3n) is 3.54. The second-order valence-corrected chi connectivity index (χ2v) is 5.06. The summed E-state index contributed by atoms with van der Waals surface area (Å²) in [7, 11) is 2.02. The molecular formula is C13H20N4O2. The molecule has 1 aliphatic rings. The maximum Gasteiger partial charge on any atom is 0.325 e. The molecule has 0 saturated heterocycles. The molecule has 0 aliphatic heterocycles. The first kappa shape index (κ1) is 13.6. The van der Waals surface area contributed by atoms with Crippen LogP contribution in [0.2, 0.25) is 0 Å². The van der Waals surface area contributed by atoms with Crippen LogP contribution >= 0.6 is 0 Å². The number of carboxylic acid groups (broad SMARTS) is 1. The molecule has 1 aromatic rings. The zero-order chi connectivity index (χ0) is 14.0. The number of nitrogens with one attached hydrogen (secondary N) is 1. The van der Waals surface area contributed by atoms with E-state index in [2.05, 4.69) is 20.2 Å². The van der Waals surface area contributed by atoms with Gasteiger partial charge in [0.2, 0.25) is 0 Å². The van der Waals surface area contributed by atoms with Crippen LogP contribution in [0.4, 0.5) is 11.6 Å². The van der Waals surface area contributed by atoms with Gasteiger partial charge < -0.3 is 15.3 Å². The van der Waals surface area contributed by atoms with Crippen LogP contribution in [-0.4, -0.2) is 40.2 Å². The summed E-state index contributed by atoms with van der Waals surface area (Å²) < 4.78 is 0. The van der Waals surface area contributed by atoms with E-state index in [1.807, 2.05) is 20.0 Å². The first-order valence-corrected chi connectivity index (χ1v) is 6.55. The Bertz CT molecular complexity index is 474. The van der Waals surface area contributed by atoms with Crippen LogP contribution in [0, 0.1) is 6.92 Å². The summed E-state index contributed by atoms with van der Waals surface area (Å²) in [5, 5.41) is 11.8. The Morgan fingerprint density at radius 2 is 2.21 bits per heavy atom. The minimum absolute atomic E-state index is 0.541. The van der Waals surface area contributed by atoms with Gasteiger partial charge in [-0.3, -0.25) is 4.79 Å². The number of hydrogen-bond donors (Lipinski definition) is 2. The number of carboxylic acids is 1. The molecule has 0 aromatic carbocycles. The van der Waals surface area contributed by atoms with Crippen LogP contribution in [-0.2, 0) is 4.79 Å². The zero-order valence-corrected chi connectivity index (χ0v) is 11.6. The van der Waals surface area contributed by atoms with Crippen molar-refractivity contribution in [3.05, 3.63) is 11.9 Å². The van der Waals surface area contributed by atoms with Gasteiger partial charge in [-0.1, -0.05) is 0 Å².